The summed E-state index contributed by atoms with van der Waals surface area (Å²) < 4.78 is 26.3. The van der Waals surface area contributed by atoms with Crippen molar-refractivity contribution in [2.45, 2.75) is 52.1 Å². The normalized spacial score (nSPS) is 17.7. The fourth-order valence-corrected chi connectivity index (χ4v) is 5.35. The number of anilines is 1. The number of carboxylic acid groups (broad SMARTS) is 1. The van der Waals surface area contributed by atoms with Crippen molar-refractivity contribution in [3.63, 3.8) is 0 Å². The Kier molecular flexibility index (Phi) is 6.68. The van der Waals surface area contributed by atoms with E-state index in [-0.39, 0.29) is 60.8 Å². The van der Waals surface area contributed by atoms with Gasteiger partial charge in [0.05, 0.1) is 31.7 Å². The van der Waals surface area contributed by atoms with Crippen molar-refractivity contribution in [3.8, 4) is 11.5 Å². The summed E-state index contributed by atoms with van der Waals surface area (Å²) in [5.74, 6) is -1.52. The van der Waals surface area contributed by atoms with Crippen LogP contribution in [0.3, 0.4) is 0 Å². The Morgan fingerprint density at radius 2 is 1.89 bits per heavy atom. The predicted molar refractivity (Wildman–Crippen MR) is 134 cm³/mol. The van der Waals surface area contributed by atoms with E-state index < -0.39 is 17.2 Å². The number of likely N-dealkylation sites (N-methyl/N-ethyl adjacent to an activating group) is 1. The molecule has 9 heteroatoms. The summed E-state index contributed by atoms with van der Waals surface area (Å²) in [6.07, 6.45) is -0.0102. The van der Waals surface area contributed by atoms with Crippen LogP contribution in [0.4, 0.5) is 10.1 Å². The minimum atomic E-state index is -0.872. The molecule has 0 aliphatic carbocycles. The number of rotatable bonds is 9. The molecular weight excluding hydrogens is 465 g/mol. The Balaban J connectivity index is 1.58. The molecule has 2 aromatic rings. The van der Waals surface area contributed by atoms with Gasteiger partial charge in [-0.05, 0) is 49.2 Å². The highest BCUT2D eigenvalue weighted by atomic mass is 19.1. The van der Waals surface area contributed by atoms with Crippen LogP contribution in [-0.2, 0) is 16.8 Å². The first-order valence-corrected chi connectivity index (χ1v) is 12.1. The third-order valence-corrected chi connectivity index (χ3v) is 7.17. The van der Waals surface area contributed by atoms with Gasteiger partial charge in [-0.3, -0.25) is 15.0 Å². The van der Waals surface area contributed by atoms with E-state index in [1.807, 2.05) is 37.9 Å². The Labute approximate surface area is 210 Å². The van der Waals surface area contributed by atoms with E-state index in [0.717, 1.165) is 11.3 Å². The fraction of sp³-hybridized carbons (Fsp3) is 0.444. The number of nitrogens with one attached hydrogen (secondary N) is 1. The maximum atomic E-state index is 15.3. The Morgan fingerprint density at radius 1 is 1.19 bits per heavy atom. The van der Waals surface area contributed by atoms with E-state index in [9.17, 15) is 14.7 Å². The van der Waals surface area contributed by atoms with Crippen molar-refractivity contribution in [1.29, 1.82) is 5.41 Å². The van der Waals surface area contributed by atoms with Crippen molar-refractivity contribution >= 4 is 23.3 Å². The van der Waals surface area contributed by atoms with E-state index in [4.69, 9.17) is 14.9 Å². The predicted octanol–water partition coefficient (Wildman–Crippen LogP) is 4.22. The number of carbonyl (C=O) groups is 2. The highest BCUT2D eigenvalue weighted by Crippen LogP contribution is 2.46. The molecule has 2 aliphatic heterocycles. The number of ether oxygens (including phenoxy) is 2. The lowest BCUT2D eigenvalue weighted by Gasteiger charge is -2.31. The van der Waals surface area contributed by atoms with Crippen LogP contribution in [0.25, 0.3) is 0 Å². The molecule has 0 aromatic heterocycles. The van der Waals surface area contributed by atoms with Gasteiger partial charge in [0.1, 0.15) is 5.84 Å². The molecule has 0 saturated carbocycles. The first-order valence-electron chi connectivity index (χ1n) is 12.1. The average molecular weight is 498 g/mol. The standard InChI is InChI=1S/C27H32FN3O5/c1-6-35-20-11-16-13-31(26(29)23(16)24(28)25(20)36-7-2)14-19(32)15-8-9-18-17(10-15)27(3,4)21(30(18)5)12-22(33)34/h8-11,21,29H,6-7,12-14H2,1-5H3,(H,33,34). The minimum Gasteiger partial charge on any atom is -0.490 e. The average Bonchev–Trinajstić information content (AvgIpc) is 3.22. The highest BCUT2D eigenvalue weighted by molar-refractivity contribution is 6.06. The number of carbonyl (C=O) groups excluding carboxylic acids is 1. The lowest BCUT2D eigenvalue weighted by molar-refractivity contribution is -0.137. The SMILES string of the molecule is CCOc1cc2c(c(F)c1OCC)C(=N)N(CC(=O)c1ccc3c(c1)C(C)(C)C(CC(=O)O)N3C)C2. The first-order chi connectivity index (χ1) is 17.0. The molecule has 0 spiro atoms. The van der Waals surface area contributed by atoms with Crippen LogP contribution in [0.1, 0.15) is 61.2 Å². The molecule has 36 heavy (non-hydrogen) atoms. The topological polar surface area (TPSA) is 103 Å². The molecule has 2 heterocycles. The fourth-order valence-electron chi connectivity index (χ4n) is 5.35. The Bertz CT molecular complexity index is 1240. The molecule has 0 radical (unpaired) electrons. The molecule has 1 atom stereocenters. The second-order valence-corrected chi connectivity index (χ2v) is 9.72. The van der Waals surface area contributed by atoms with Crippen molar-refractivity contribution in [2.24, 2.45) is 0 Å². The summed E-state index contributed by atoms with van der Waals surface area (Å²) in [6, 6.07) is 6.84. The zero-order valence-corrected chi connectivity index (χ0v) is 21.3. The Hall–Kier alpha value is -3.62. The number of Topliss-reactive ketones (excluding diaryl/α,β-unsaturated/α-hetero) is 1. The van der Waals surface area contributed by atoms with E-state index in [0.29, 0.717) is 17.7 Å². The van der Waals surface area contributed by atoms with Gasteiger partial charge in [0.15, 0.2) is 23.1 Å². The van der Waals surface area contributed by atoms with Crippen LogP contribution in [-0.4, -0.2) is 60.4 Å². The number of hydrogen-bond acceptors (Lipinski definition) is 6. The summed E-state index contributed by atoms with van der Waals surface area (Å²) in [7, 11) is 1.87. The summed E-state index contributed by atoms with van der Waals surface area (Å²) in [6.45, 7) is 8.23. The van der Waals surface area contributed by atoms with Crippen LogP contribution < -0.4 is 14.4 Å². The molecule has 2 aliphatic rings. The number of ketones is 1. The minimum absolute atomic E-state index is 0.0102. The highest BCUT2D eigenvalue weighted by Gasteiger charge is 2.44. The molecule has 0 bridgehead atoms. The maximum Gasteiger partial charge on any atom is 0.305 e. The lowest BCUT2D eigenvalue weighted by atomic mass is 9.78. The molecule has 0 saturated heterocycles. The van der Waals surface area contributed by atoms with Gasteiger partial charge in [-0.1, -0.05) is 13.8 Å². The monoisotopic (exact) mass is 497 g/mol. The molecule has 0 fully saturated rings. The Morgan fingerprint density at radius 3 is 2.53 bits per heavy atom. The van der Waals surface area contributed by atoms with Crippen LogP contribution in [0.15, 0.2) is 24.3 Å². The quantitative estimate of drug-likeness (QED) is 0.500. The number of aliphatic carboxylic acids is 1. The van der Waals surface area contributed by atoms with Gasteiger partial charge in [0.25, 0.3) is 0 Å². The molecular formula is C27H32FN3O5. The summed E-state index contributed by atoms with van der Waals surface area (Å²) in [4.78, 5) is 28.2. The van der Waals surface area contributed by atoms with E-state index in [2.05, 4.69) is 0 Å². The molecule has 2 N–H and O–H groups in total. The summed E-state index contributed by atoms with van der Waals surface area (Å²) >= 11 is 0. The van der Waals surface area contributed by atoms with Crippen LogP contribution in [0, 0.1) is 11.2 Å². The lowest BCUT2D eigenvalue weighted by Crippen LogP contribution is -2.40. The van der Waals surface area contributed by atoms with E-state index in [1.165, 1.54) is 0 Å². The van der Waals surface area contributed by atoms with Gasteiger partial charge in [-0.2, -0.15) is 0 Å². The zero-order valence-electron chi connectivity index (χ0n) is 21.3. The van der Waals surface area contributed by atoms with Gasteiger partial charge < -0.3 is 24.4 Å². The number of halogens is 1. The third-order valence-electron chi connectivity index (χ3n) is 7.17. The van der Waals surface area contributed by atoms with Gasteiger partial charge in [0.2, 0.25) is 0 Å². The molecule has 0 amide bonds. The molecule has 1 unspecified atom stereocenters. The largest absolute Gasteiger partial charge is 0.490 e. The van der Waals surface area contributed by atoms with E-state index in [1.54, 1.807) is 30.9 Å². The second kappa shape index (κ2) is 9.44. The number of fused-ring (bicyclic) bond motifs is 2. The maximum absolute atomic E-state index is 15.3. The van der Waals surface area contributed by atoms with E-state index >= 15 is 4.39 Å². The zero-order chi connectivity index (χ0) is 26.4. The van der Waals surface area contributed by atoms with Gasteiger partial charge in [-0.25, -0.2) is 4.39 Å². The molecule has 8 nitrogen and oxygen atoms in total. The number of nitrogens with zero attached hydrogens (tertiary/aromatic N) is 2. The van der Waals surface area contributed by atoms with Gasteiger partial charge >= 0.3 is 5.97 Å². The van der Waals surface area contributed by atoms with Crippen molar-refractivity contribution in [2.75, 3.05) is 31.7 Å². The number of carboxylic acids is 1. The van der Waals surface area contributed by atoms with Crippen molar-refractivity contribution < 1.29 is 28.6 Å². The third kappa shape index (κ3) is 4.16. The first kappa shape index (κ1) is 25.5. The summed E-state index contributed by atoms with van der Waals surface area (Å²) in [5, 5.41) is 17.9. The van der Waals surface area contributed by atoms with Crippen molar-refractivity contribution in [1.82, 2.24) is 4.90 Å². The van der Waals surface area contributed by atoms with Crippen molar-refractivity contribution in [3.05, 3.63) is 52.3 Å². The molecule has 192 valence electrons. The second-order valence-electron chi connectivity index (χ2n) is 9.72. The van der Waals surface area contributed by atoms with Crippen LogP contribution in [0.5, 0.6) is 11.5 Å². The number of benzene rings is 2. The van der Waals surface area contributed by atoms with Gasteiger partial charge in [-0.15, -0.1) is 0 Å². The molecule has 2 aromatic carbocycles. The molecule has 4 rings (SSSR count). The smallest absolute Gasteiger partial charge is 0.305 e. The van der Waals surface area contributed by atoms with Gasteiger partial charge in [0, 0.05) is 36.3 Å². The van der Waals surface area contributed by atoms with Crippen LogP contribution >= 0.6 is 0 Å². The van der Waals surface area contributed by atoms with Crippen LogP contribution in [0.2, 0.25) is 0 Å². The number of amidine groups is 1. The summed E-state index contributed by atoms with van der Waals surface area (Å²) in [5.41, 5.74) is 2.52. The number of hydrogen-bond donors (Lipinski definition) is 2.